The maximum atomic E-state index is 5.98. The van der Waals surface area contributed by atoms with Gasteiger partial charge < -0.3 is 4.90 Å². The van der Waals surface area contributed by atoms with Crippen LogP contribution in [-0.4, -0.2) is 23.1 Å². The molecule has 1 aromatic rings. The highest BCUT2D eigenvalue weighted by molar-refractivity contribution is 6.28. The summed E-state index contributed by atoms with van der Waals surface area (Å²) in [7, 11) is 0. The number of aromatic nitrogens is 2. The summed E-state index contributed by atoms with van der Waals surface area (Å²) in [6, 6.07) is 0. The molecule has 4 heteroatoms. The number of nitrogens with zero attached hydrogens (tertiary/aromatic N) is 3. The van der Waals surface area contributed by atoms with Gasteiger partial charge in [-0.1, -0.05) is 0 Å². The van der Waals surface area contributed by atoms with Crippen molar-refractivity contribution in [2.45, 2.75) is 33.1 Å². The molecule has 0 radical (unpaired) electrons. The zero-order valence-corrected chi connectivity index (χ0v) is 11.2. The molecular weight excluding hydrogens is 234 g/mol. The second-order valence-corrected chi connectivity index (χ2v) is 5.81. The molecule has 2 atom stereocenters. The average molecular weight is 252 g/mol. The maximum Gasteiger partial charge on any atom is 0.224 e. The summed E-state index contributed by atoms with van der Waals surface area (Å²) in [5, 5.41) is 0.376. The van der Waals surface area contributed by atoms with Crippen molar-refractivity contribution < 1.29 is 0 Å². The lowest BCUT2D eigenvalue weighted by atomic mass is 9.98. The van der Waals surface area contributed by atoms with Gasteiger partial charge in [0.25, 0.3) is 0 Å². The van der Waals surface area contributed by atoms with Gasteiger partial charge in [-0.25, -0.2) is 9.97 Å². The molecule has 1 saturated heterocycles. The Balaban J connectivity index is 1.94. The van der Waals surface area contributed by atoms with Crippen LogP contribution in [0.4, 0.5) is 5.82 Å². The zero-order chi connectivity index (χ0) is 12.0. The van der Waals surface area contributed by atoms with E-state index in [9.17, 15) is 0 Å². The van der Waals surface area contributed by atoms with Crippen LogP contribution >= 0.6 is 11.6 Å². The fraction of sp³-hybridized carbons (Fsp3) is 0.692. The van der Waals surface area contributed by atoms with Crippen LogP contribution in [0, 0.1) is 25.7 Å². The van der Waals surface area contributed by atoms with Crippen LogP contribution in [0.25, 0.3) is 0 Å². The van der Waals surface area contributed by atoms with Crippen LogP contribution in [-0.2, 0) is 0 Å². The molecule has 0 spiro atoms. The first kappa shape index (κ1) is 11.3. The molecule has 2 fully saturated rings. The first-order valence-corrected chi connectivity index (χ1v) is 6.77. The minimum absolute atomic E-state index is 0.376. The predicted molar refractivity (Wildman–Crippen MR) is 69.6 cm³/mol. The van der Waals surface area contributed by atoms with E-state index in [0.717, 1.165) is 36.4 Å². The molecule has 92 valence electrons. The van der Waals surface area contributed by atoms with E-state index in [0.29, 0.717) is 5.28 Å². The Morgan fingerprint density at radius 3 is 2.41 bits per heavy atom. The molecule has 0 aromatic carbocycles. The lowest BCUT2D eigenvalue weighted by Gasteiger charge is -2.33. The van der Waals surface area contributed by atoms with E-state index in [1.807, 2.05) is 6.92 Å². The van der Waals surface area contributed by atoms with Crippen LogP contribution < -0.4 is 4.90 Å². The van der Waals surface area contributed by atoms with Crippen molar-refractivity contribution in [3.63, 3.8) is 0 Å². The van der Waals surface area contributed by atoms with Gasteiger partial charge in [-0.3, -0.25) is 0 Å². The van der Waals surface area contributed by atoms with Gasteiger partial charge in [-0.15, -0.1) is 0 Å². The van der Waals surface area contributed by atoms with Gasteiger partial charge in [0.1, 0.15) is 5.82 Å². The highest BCUT2D eigenvalue weighted by Gasteiger charge is 2.34. The van der Waals surface area contributed by atoms with Crippen molar-refractivity contribution in [2.75, 3.05) is 18.0 Å². The van der Waals surface area contributed by atoms with E-state index >= 15 is 0 Å². The average Bonchev–Trinajstić information content (AvgIpc) is 2.63. The quantitative estimate of drug-likeness (QED) is 0.719. The van der Waals surface area contributed by atoms with Gasteiger partial charge in [0.2, 0.25) is 5.28 Å². The fourth-order valence-electron chi connectivity index (χ4n) is 3.27. The Morgan fingerprint density at radius 1 is 1.12 bits per heavy atom. The molecule has 3 rings (SSSR count). The summed E-state index contributed by atoms with van der Waals surface area (Å²) < 4.78 is 0. The Labute approximate surface area is 107 Å². The Hall–Kier alpha value is -0.830. The molecule has 2 heterocycles. The predicted octanol–water partition coefficient (Wildman–Crippen LogP) is 2.98. The van der Waals surface area contributed by atoms with Crippen LogP contribution in [0.5, 0.6) is 0 Å². The van der Waals surface area contributed by atoms with Gasteiger partial charge in [0.05, 0.1) is 0 Å². The summed E-state index contributed by atoms with van der Waals surface area (Å²) in [6.45, 7) is 6.39. The topological polar surface area (TPSA) is 29.0 Å². The first-order chi connectivity index (χ1) is 8.13. The van der Waals surface area contributed by atoms with Crippen LogP contribution in [0.15, 0.2) is 0 Å². The SMILES string of the molecule is Cc1nc(Cl)nc(N2C[C@@H]3CC[C@@H](C3)C2)c1C. The van der Waals surface area contributed by atoms with E-state index < -0.39 is 0 Å². The van der Waals surface area contributed by atoms with Gasteiger partial charge in [-0.2, -0.15) is 0 Å². The minimum Gasteiger partial charge on any atom is -0.356 e. The van der Waals surface area contributed by atoms with Crippen molar-refractivity contribution in [3.05, 3.63) is 16.5 Å². The Bertz CT molecular complexity index is 435. The van der Waals surface area contributed by atoms with E-state index in [4.69, 9.17) is 11.6 Å². The lowest BCUT2D eigenvalue weighted by molar-refractivity contribution is 0.418. The molecule has 0 amide bonds. The minimum atomic E-state index is 0.376. The van der Waals surface area contributed by atoms with Crippen LogP contribution in [0.2, 0.25) is 5.28 Å². The molecule has 3 nitrogen and oxygen atoms in total. The number of rotatable bonds is 1. The molecule has 1 aliphatic heterocycles. The molecule has 1 aromatic heterocycles. The van der Waals surface area contributed by atoms with Crippen molar-refractivity contribution >= 4 is 17.4 Å². The van der Waals surface area contributed by atoms with Crippen molar-refractivity contribution in [1.29, 1.82) is 0 Å². The molecule has 0 N–H and O–H groups in total. The first-order valence-electron chi connectivity index (χ1n) is 6.39. The third-order valence-corrected chi connectivity index (χ3v) is 4.41. The maximum absolute atomic E-state index is 5.98. The van der Waals surface area contributed by atoms with Crippen LogP contribution in [0.3, 0.4) is 0 Å². The standard InChI is InChI=1S/C13H18ClN3/c1-8-9(2)15-13(14)16-12(8)17-6-10-3-4-11(5-10)7-17/h10-11H,3-7H2,1-2H3/t10-,11+. The molecule has 17 heavy (non-hydrogen) atoms. The Morgan fingerprint density at radius 2 is 1.76 bits per heavy atom. The largest absolute Gasteiger partial charge is 0.356 e. The molecule has 1 saturated carbocycles. The smallest absolute Gasteiger partial charge is 0.224 e. The van der Waals surface area contributed by atoms with Gasteiger partial charge >= 0.3 is 0 Å². The summed E-state index contributed by atoms with van der Waals surface area (Å²) in [5.41, 5.74) is 2.17. The number of fused-ring (bicyclic) bond motifs is 2. The number of anilines is 1. The summed E-state index contributed by atoms with van der Waals surface area (Å²) in [6.07, 6.45) is 4.18. The molecule has 2 bridgehead atoms. The summed E-state index contributed by atoms with van der Waals surface area (Å²) in [4.78, 5) is 11.1. The van der Waals surface area contributed by atoms with Crippen molar-refractivity contribution in [1.82, 2.24) is 9.97 Å². The summed E-state index contributed by atoms with van der Waals surface area (Å²) >= 11 is 5.98. The van der Waals surface area contributed by atoms with E-state index in [2.05, 4.69) is 21.8 Å². The number of hydrogen-bond acceptors (Lipinski definition) is 3. The molecule has 1 aliphatic carbocycles. The van der Waals surface area contributed by atoms with Gasteiger partial charge in [0.15, 0.2) is 0 Å². The van der Waals surface area contributed by atoms with Gasteiger partial charge in [0, 0.05) is 24.3 Å². The monoisotopic (exact) mass is 251 g/mol. The molecular formula is C13H18ClN3. The number of halogens is 1. The number of aryl methyl sites for hydroxylation is 1. The third-order valence-electron chi connectivity index (χ3n) is 4.24. The van der Waals surface area contributed by atoms with Crippen molar-refractivity contribution in [3.8, 4) is 0 Å². The van der Waals surface area contributed by atoms with Crippen molar-refractivity contribution in [2.24, 2.45) is 11.8 Å². The second-order valence-electron chi connectivity index (χ2n) is 5.48. The van der Waals surface area contributed by atoms with E-state index in [-0.39, 0.29) is 0 Å². The third kappa shape index (κ3) is 2.01. The highest BCUT2D eigenvalue weighted by Crippen LogP contribution is 2.38. The summed E-state index contributed by atoms with van der Waals surface area (Å²) in [5.74, 6) is 2.78. The number of piperidine rings is 1. The second kappa shape index (κ2) is 4.13. The number of hydrogen-bond donors (Lipinski definition) is 0. The Kier molecular flexibility index (Phi) is 2.74. The van der Waals surface area contributed by atoms with Gasteiger partial charge in [-0.05, 0) is 56.5 Å². The normalized spacial score (nSPS) is 27.6. The fourth-order valence-corrected chi connectivity index (χ4v) is 3.48. The zero-order valence-electron chi connectivity index (χ0n) is 10.4. The highest BCUT2D eigenvalue weighted by atomic mass is 35.5. The van der Waals surface area contributed by atoms with E-state index in [1.165, 1.54) is 24.8 Å². The van der Waals surface area contributed by atoms with E-state index in [1.54, 1.807) is 0 Å². The molecule has 0 unspecified atom stereocenters. The van der Waals surface area contributed by atoms with Crippen LogP contribution in [0.1, 0.15) is 30.5 Å². The lowest BCUT2D eigenvalue weighted by Crippen LogP contribution is -2.37. The molecule has 2 aliphatic rings.